The normalized spacial score (nSPS) is 24.8. The van der Waals surface area contributed by atoms with Gasteiger partial charge in [0.1, 0.15) is 0 Å². The Kier molecular flexibility index (Phi) is 4.84. The fourth-order valence-corrected chi connectivity index (χ4v) is 1.39. The molecule has 1 aliphatic carbocycles. The Labute approximate surface area is 78.1 Å². The number of rotatable bonds is 3. The first-order chi connectivity index (χ1) is 5.56. The van der Waals surface area contributed by atoms with E-state index in [0.29, 0.717) is 5.41 Å². The molecule has 12 heavy (non-hydrogen) atoms. The lowest BCUT2D eigenvalue weighted by molar-refractivity contribution is 0.317. The monoisotopic (exact) mass is 171 g/mol. The van der Waals surface area contributed by atoms with Crippen molar-refractivity contribution >= 4 is 0 Å². The molecule has 0 amide bonds. The number of nitrogens with zero attached hydrogens (tertiary/aromatic N) is 1. The molecule has 1 saturated carbocycles. The maximum absolute atomic E-state index is 2.40. The van der Waals surface area contributed by atoms with Gasteiger partial charge in [-0.15, -0.1) is 0 Å². The second-order valence-electron chi connectivity index (χ2n) is 4.24. The van der Waals surface area contributed by atoms with Crippen molar-refractivity contribution in [2.45, 2.75) is 41.0 Å². The van der Waals surface area contributed by atoms with E-state index in [9.17, 15) is 0 Å². The molecule has 1 atom stereocenters. The van der Waals surface area contributed by atoms with Crippen LogP contribution in [-0.4, -0.2) is 25.0 Å². The van der Waals surface area contributed by atoms with Gasteiger partial charge in [-0.05, 0) is 31.3 Å². The largest absolute Gasteiger partial charge is 0.306 e. The summed E-state index contributed by atoms with van der Waals surface area (Å²) in [6.07, 6.45) is 1.43. The minimum atomic E-state index is 0.656. The molecule has 0 saturated heterocycles. The molecule has 0 aliphatic heterocycles. The van der Waals surface area contributed by atoms with E-state index in [2.05, 4.69) is 32.7 Å². The molecule has 74 valence electrons. The molecule has 1 nitrogen and oxygen atoms in total. The predicted octanol–water partition coefficient (Wildman–Crippen LogP) is 3.01. The minimum Gasteiger partial charge on any atom is -0.306 e. The maximum Gasteiger partial charge on any atom is 0.00118 e. The van der Waals surface area contributed by atoms with Crippen LogP contribution in [0.15, 0.2) is 0 Å². The Morgan fingerprint density at radius 3 is 2.00 bits per heavy atom. The van der Waals surface area contributed by atoms with E-state index < -0.39 is 0 Å². The Hall–Kier alpha value is -0.0400. The molecule has 0 spiro atoms. The third-order valence-electron chi connectivity index (χ3n) is 2.79. The lowest BCUT2D eigenvalue weighted by atomic mass is 10.1. The van der Waals surface area contributed by atoms with Gasteiger partial charge in [0.2, 0.25) is 0 Å². The third-order valence-corrected chi connectivity index (χ3v) is 2.79. The van der Waals surface area contributed by atoms with Gasteiger partial charge in [0.05, 0.1) is 0 Å². The van der Waals surface area contributed by atoms with Gasteiger partial charge in [-0.1, -0.05) is 34.6 Å². The quantitative estimate of drug-likeness (QED) is 0.631. The minimum absolute atomic E-state index is 0.656. The van der Waals surface area contributed by atoms with Crippen LogP contribution in [-0.2, 0) is 0 Å². The fraction of sp³-hybridized carbons (Fsp3) is 1.00. The van der Waals surface area contributed by atoms with E-state index in [1.807, 2.05) is 13.8 Å². The van der Waals surface area contributed by atoms with Gasteiger partial charge in [0.15, 0.2) is 0 Å². The molecule has 0 bridgehead atoms. The Balaban J connectivity index is 0.000000561. The molecule has 1 fully saturated rings. The smallest absolute Gasteiger partial charge is 0.00118 e. The molecule has 0 N–H and O–H groups in total. The van der Waals surface area contributed by atoms with Crippen LogP contribution >= 0.6 is 0 Å². The summed E-state index contributed by atoms with van der Waals surface area (Å²) >= 11 is 0. The third kappa shape index (κ3) is 3.57. The van der Waals surface area contributed by atoms with Crippen molar-refractivity contribution in [2.24, 2.45) is 11.3 Å². The lowest BCUT2D eigenvalue weighted by Gasteiger charge is -2.14. The average molecular weight is 171 g/mol. The van der Waals surface area contributed by atoms with Gasteiger partial charge in [-0.3, -0.25) is 0 Å². The predicted molar refractivity (Wildman–Crippen MR) is 56.4 cm³/mol. The van der Waals surface area contributed by atoms with Gasteiger partial charge in [-0.25, -0.2) is 0 Å². The fourth-order valence-electron chi connectivity index (χ4n) is 1.39. The second kappa shape index (κ2) is 4.86. The number of hydrogen-bond donors (Lipinski definition) is 0. The van der Waals surface area contributed by atoms with Gasteiger partial charge in [0.25, 0.3) is 0 Å². The second-order valence-corrected chi connectivity index (χ2v) is 4.24. The molecule has 0 aromatic heterocycles. The maximum atomic E-state index is 2.40. The van der Waals surface area contributed by atoms with E-state index in [1.54, 1.807) is 0 Å². The van der Waals surface area contributed by atoms with E-state index >= 15 is 0 Å². The number of hydrogen-bond acceptors (Lipinski definition) is 1. The Morgan fingerprint density at radius 1 is 1.33 bits per heavy atom. The first-order valence-corrected chi connectivity index (χ1v) is 5.25. The van der Waals surface area contributed by atoms with E-state index in [0.717, 1.165) is 5.92 Å². The summed E-state index contributed by atoms with van der Waals surface area (Å²) in [7, 11) is 2.20. The SMILES string of the molecule is CC.CCN(C)CC1CC1(C)C. The molecule has 1 rings (SSSR count). The van der Waals surface area contributed by atoms with Crippen molar-refractivity contribution in [3.05, 3.63) is 0 Å². The van der Waals surface area contributed by atoms with Crippen molar-refractivity contribution in [3.8, 4) is 0 Å². The zero-order chi connectivity index (χ0) is 9.78. The molecule has 1 unspecified atom stereocenters. The Bertz CT molecular complexity index is 118. The molecule has 0 aromatic carbocycles. The van der Waals surface area contributed by atoms with Crippen LogP contribution in [0.1, 0.15) is 41.0 Å². The summed E-state index contributed by atoms with van der Waals surface area (Å²) in [6.45, 7) is 13.4. The highest BCUT2D eigenvalue weighted by molar-refractivity contribution is 4.96. The molecule has 0 radical (unpaired) electrons. The lowest BCUT2D eigenvalue weighted by Crippen LogP contribution is -2.21. The topological polar surface area (TPSA) is 3.24 Å². The summed E-state index contributed by atoms with van der Waals surface area (Å²) in [5, 5.41) is 0. The zero-order valence-corrected chi connectivity index (χ0v) is 9.65. The molecule has 0 heterocycles. The van der Waals surface area contributed by atoms with Gasteiger partial charge < -0.3 is 4.90 Å². The van der Waals surface area contributed by atoms with Crippen molar-refractivity contribution in [1.82, 2.24) is 4.90 Å². The van der Waals surface area contributed by atoms with Crippen molar-refractivity contribution < 1.29 is 0 Å². The van der Waals surface area contributed by atoms with Gasteiger partial charge in [-0.2, -0.15) is 0 Å². The Morgan fingerprint density at radius 2 is 1.75 bits per heavy atom. The van der Waals surface area contributed by atoms with Crippen LogP contribution in [0.3, 0.4) is 0 Å². The van der Waals surface area contributed by atoms with Crippen LogP contribution in [0.5, 0.6) is 0 Å². The summed E-state index contributed by atoms with van der Waals surface area (Å²) in [5.41, 5.74) is 0.656. The van der Waals surface area contributed by atoms with Crippen LogP contribution < -0.4 is 0 Å². The first kappa shape index (κ1) is 12.0. The van der Waals surface area contributed by atoms with Crippen molar-refractivity contribution in [3.63, 3.8) is 0 Å². The standard InChI is InChI=1S/C9H19N.C2H6/c1-5-10(4)7-8-6-9(8,2)3;1-2/h8H,5-7H2,1-4H3;1-2H3. The van der Waals surface area contributed by atoms with E-state index in [-0.39, 0.29) is 0 Å². The molecule has 1 heteroatoms. The highest BCUT2D eigenvalue weighted by Crippen LogP contribution is 2.51. The first-order valence-electron chi connectivity index (χ1n) is 5.25. The molecular formula is C11H25N. The molecule has 1 aliphatic rings. The summed E-state index contributed by atoms with van der Waals surface area (Å²) in [4.78, 5) is 2.40. The van der Waals surface area contributed by atoms with Gasteiger partial charge >= 0.3 is 0 Å². The molecule has 0 aromatic rings. The van der Waals surface area contributed by atoms with Crippen LogP contribution in [0.2, 0.25) is 0 Å². The van der Waals surface area contributed by atoms with Crippen LogP contribution in [0.25, 0.3) is 0 Å². The van der Waals surface area contributed by atoms with E-state index in [4.69, 9.17) is 0 Å². The average Bonchev–Trinajstić information content (AvgIpc) is 2.62. The van der Waals surface area contributed by atoms with Crippen LogP contribution in [0, 0.1) is 11.3 Å². The summed E-state index contributed by atoms with van der Waals surface area (Å²) in [5.74, 6) is 0.970. The van der Waals surface area contributed by atoms with Crippen molar-refractivity contribution in [2.75, 3.05) is 20.1 Å². The summed E-state index contributed by atoms with van der Waals surface area (Å²) in [6, 6.07) is 0. The highest BCUT2D eigenvalue weighted by Gasteiger charge is 2.45. The zero-order valence-electron chi connectivity index (χ0n) is 9.65. The highest BCUT2D eigenvalue weighted by atomic mass is 15.1. The van der Waals surface area contributed by atoms with Crippen LogP contribution in [0.4, 0.5) is 0 Å². The van der Waals surface area contributed by atoms with Crippen molar-refractivity contribution in [1.29, 1.82) is 0 Å². The van der Waals surface area contributed by atoms with Gasteiger partial charge in [0, 0.05) is 6.54 Å². The van der Waals surface area contributed by atoms with E-state index in [1.165, 1.54) is 19.5 Å². The summed E-state index contributed by atoms with van der Waals surface area (Å²) < 4.78 is 0. The molecular weight excluding hydrogens is 146 g/mol.